The van der Waals surface area contributed by atoms with Crippen molar-refractivity contribution in [3.05, 3.63) is 34.8 Å². The van der Waals surface area contributed by atoms with Gasteiger partial charge >= 0.3 is 0 Å². The first-order valence-electron chi connectivity index (χ1n) is 6.79. The van der Waals surface area contributed by atoms with Crippen LogP contribution in [0.15, 0.2) is 29.1 Å². The van der Waals surface area contributed by atoms with Gasteiger partial charge in [0.25, 0.3) is 5.91 Å². The second kappa shape index (κ2) is 7.35. The molecule has 0 radical (unpaired) electrons. The first-order valence-corrected chi connectivity index (χ1v) is 7.17. The van der Waals surface area contributed by atoms with Crippen molar-refractivity contribution in [3.63, 3.8) is 0 Å². The number of morpholine rings is 1. The zero-order chi connectivity index (χ0) is 16.1. The molecule has 0 spiro atoms. The first kappa shape index (κ1) is 16.4. The third kappa shape index (κ3) is 4.03. The standard InChI is InChI=1S/C14H18ClN5O2/c1-8(16)12(15)13(17)14(21)20-9-2-3-10(19-6-9)11-7-18-4-5-22-11/h2-3,6,11,17-18H,4-5,7,16H2,1H3,(H,20,21)/t11-/m1/s1. The molecular formula is C14H18ClN5O2. The van der Waals surface area contributed by atoms with E-state index in [-0.39, 0.29) is 22.5 Å². The molecule has 1 aromatic rings. The van der Waals surface area contributed by atoms with E-state index in [0.717, 1.165) is 12.2 Å². The number of amides is 1. The Morgan fingerprint density at radius 3 is 2.91 bits per heavy atom. The number of carbonyl (C=O) groups excluding carboxylic acids is 1. The van der Waals surface area contributed by atoms with Crippen molar-refractivity contribution in [1.29, 1.82) is 5.41 Å². The van der Waals surface area contributed by atoms with E-state index in [2.05, 4.69) is 15.6 Å². The van der Waals surface area contributed by atoms with Crippen molar-refractivity contribution in [2.45, 2.75) is 13.0 Å². The maximum absolute atomic E-state index is 11.9. The molecular weight excluding hydrogens is 306 g/mol. The molecule has 1 saturated heterocycles. The van der Waals surface area contributed by atoms with Gasteiger partial charge in [0, 0.05) is 18.8 Å². The fourth-order valence-electron chi connectivity index (χ4n) is 1.92. The highest BCUT2D eigenvalue weighted by Gasteiger charge is 2.18. The Labute approximate surface area is 133 Å². The van der Waals surface area contributed by atoms with Gasteiger partial charge in [0.05, 0.1) is 29.2 Å². The van der Waals surface area contributed by atoms with Gasteiger partial charge in [-0.25, -0.2) is 0 Å². The third-order valence-corrected chi connectivity index (χ3v) is 3.58. The predicted molar refractivity (Wildman–Crippen MR) is 84.9 cm³/mol. The largest absolute Gasteiger partial charge is 0.401 e. The lowest BCUT2D eigenvalue weighted by Gasteiger charge is -2.23. The molecule has 1 amide bonds. The van der Waals surface area contributed by atoms with Gasteiger partial charge in [0.1, 0.15) is 11.8 Å². The molecule has 0 aliphatic carbocycles. The molecule has 0 aromatic carbocycles. The van der Waals surface area contributed by atoms with Gasteiger partial charge in [0.15, 0.2) is 0 Å². The van der Waals surface area contributed by atoms with Crippen LogP contribution >= 0.6 is 11.6 Å². The van der Waals surface area contributed by atoms with E-state index in [1.54, 1.807) is 12.1 Å². The third-order valence-electron chi connectivity index (χ3n) is 3.09. The Morgan fingerprint density at radius 1 is 1.59 bits per heavy atom. The van der Waals surface area contributed by atoms with Crippen LogP contribution in [0.2, 0.25) is 0 Å². The number of nitrogens with two attached hydrogens (primary N) is 1. The minimum absolute atomic E-state index is 0.0660. The number of halogens is 1. The van der Waals surface area contributed by atoms with Gasteiger partial charge in [-0.1, -0.05) is 11.6 Å². The first-order chi connectivity index (χ1) is 10.5. The average Bonchev–Trinajstić information content (AvgIpc) is 2.54. The highest BCUT2D eigenvalue weighted by Crippen LogP contribution is 2.18. The Bertz CT molecular complexity index is 590. The lowest BCUT2D eigenvalue weighted by atomic mass is 10.2. The Hall–Kier alpha value is -1.96. The second-order valence-electron chi connectivity index (χ2n) is 4.86. The topological polar surface area (TPSA) is 113 Å². The molecule has 8 heteroatoms. The number of hydrogen-bond donors (Lipinski definition) is 4. The molecule has 1 atom stereocenters. The summed E-state index contributed by atoms with van der Waals surface area (Å²) in [4.78, 5) is 16.1. The van der Waals surface area contributed by atoms with Crippen LogP contribution in [0.4, 0.5) is 5.69 Å². The van der Waals surface area contributed by atoms with E-state index in [9.17, 15) is 4.79 Å². The monoisotopic (exact) mass is 323 g/mol. The van der Waals surface area contributed by atoms with Crippen molar-refractivity contribution >= 4 is 28.9 Å². The zero-order valence-electron chi connectivity index (χ0n) is 12.1. The van der Waals surface area contributed by atoms with Gasteiger partial charge in [-0.2, -0.15) is 0 Å². The molecule has 1 fully saturated rings. The number of rotatable bonds is 4. The van der Waals surface area contributed by atoms with Crippen LogP contribution < -0.4 is 16.4 Å². The average molecular weight is 324 g/mol. The molecule has 0 unspecified atom stereocenters. The summed E-state index contributed by atoms with van der Waals surface area (Å²) in [5.74, 6) is -0.639. The normalized spacial score (nSPS) is 19.3. The van der Waals surface area contributed by atoms with E-state index >= 15 is 0 Å². The quantitative estimate of drug-likeness (QED) is 0.620. The molecule has 7 nitrogen and oxygen atoms in total. The van der Waals surface area contributed by atoms with Crippen LogP contribution in [0.5, 0.6) is 0 Å². The van der Waals surface area contributed by atoms with Crippen molar-refractivity contribution < 1.29 is 9.53 Å². The SMILES string of the molecule is CC(N)=C(Cl)C(=N)C(=O)Nc1ccc([C@H]2CNCCO2)nc1. The summed E-state index contributed by atoms with van der Waals surface area (Å²) >= 11 is 5.78. The van der Waals surface area contributed by atoms with Crippen LogP contribution in [-0.2, 0) is 9.53 Å². The molecule has 1 aliphatic rings. The molecule has 118 valence electrons. The molecule has 0 bridgehead atoms. The second-order valence-corrected chi connectivity index (χ2v) is 5.24. The van der Waals surface area contributed by atoms with Crippen LogP contribution in [0.25, 0.3) is 0 Å². The number of nitrogens with one attached hydrogen (secondary N) is 3. The van der Waals surface area contributed by atoms with Crippen LogP contribution in [0, 0.1) is 5.41 Å². The summed E-state index contributed by atoms with van der Waals surface area (Å²) in [7, 11) is 0. The number of allylic oxidation sites excluding steroid dienone is 1. The number of pyridine rings is 1. The Kier molecular flexibility index (Phi) is 5.48. The summed E-state index contributed by atoms with van der Waals surface area (Å²) < 4.78 is 5.60. The smallest absolute Gasteiger partial charge is 0.275 e. The number of anilines is 1. The van der Waals surface area contributed by atoms with E-state index in [0.29, 0.717) is 18.8 Å². The van der Waals surface area contributed by atoms with Crippen LogP contribution in [0.1, 0.15) is 18.7 Å². The summed E-state index contributed by atoms with van der Waals surface area (Å²) in [5, 5.41) is 13.4. The van der Waals surface area contributed by atoms with Gasteiger partial charge in [-0.3, -0.25) is 15.2 Å². The summed E-state index contributed by atoms with van der Waals surface area (Å²) in [6, 6.07) is 3.49. The molecule has 5 N–H and O–H groups in total. The molecule has 2 heterocycles. The van der Waals surface area contributed by atoms with Crippen molar-refractivity contribution in [2.75, 3.05) is 25.0 Å². The minimum Gasteiger partial charge on any atom is -0.401 e. The van der Waals surface area contributed by atoms with Gasteiger partial charge in [-0.05, 0) is 19.1 Å². The fraction of sp³-hybridized carbons (Fsp3) is 0.357. The van der Waals surface area contributed by atoms with Crippen LogP contribution in [-0.4, -0.2) is 36.3 Å². The highest BCUT2D eigenvalue weighted by molar-refractivity contribution is 6.60. The Balaban J connectivity index is 2.00. The van der Waals surface area contributed by atoms with Crippen molar-refractivity contribution in [1.82, 2.24) is 10.3 Å². The van der Waals surface area contributed by atoms with E-state index in [1.807, 2.05) is 0 Å². The van der Waals surface area contributed by atoms with Crippen LogP contribution in [0.3, 0.4) is 0 Å². The minimum atomic E-state index is -0.639. The maximum Gasteiger partial charge on any atom is 0.275 e. The van der Waals surface area contributed by atoms with E-state index in [1.165, 1.54) is 13.1 Å². The summed E-state index contributed by atoms with van der Waals surface area (Å²) in [5.41, 5.74) is 6.56. The van der Waals surface area contributed by atoms with Gasteiger partial charge < -0.3 is 21.1 Å². The van der Waals surface area contributed by atoms with Crippen molar-refractivity contribution in [2.24, 2.45) is 5.73 Å². The fourth-order valence-corrected chi connectivity index (χ4v) is 2.00. The number of carbonyl (C=O) groups is 1. The lowest BCUT2D eigenvalue weighted by Crippen LogP contribution is -2.33. The van der Waals surface area contributed by atoms with E-state index in [4.69, 9.17) is 27.5 Å². The molecule has 0 saturated carbocycles. The molecule has 22 heavy (non-hydrogen) atoms. The van der Waals surface area contributed by atoms with Crippen molar-refractivity contribution in [3.8, 4) is 0 Å². The van der Waals surface area contributed by atoms with Gasteiger partial charge in [-0.15, -0.1) is 0 Å². The van der Waals surface area contributed by atoms with E-state index < -0.39 is 5.91 Å². The molecule has 2 rings (SSSR count). The number of ether oxygens (including phenoxy) is 1. The lowest BCUT2D eigenvalue weighted by molar-refractivity contribution is -0.110. The molecule has 1 aliphatic heterocycles. The number of aromatic nitrogens is 1. The zero-order valence-corrected chi connectivity index (χ0v) is 12.9. The number of nitrogens with zero attached hydrogens (tertiary/aromatic N) is 1. The summed E-state index contributed by atoms with van der Waals surface area (Å²) in [6.07, 6.45) is 1.43. The molecule has 1 aromatic heterocycles. The highest BCUT2D eigenvalue weighted by atomic mass is 35.5. The Morgan fingerprint density at radius 2 is 2.36 bits per heavy atom. The van der Waals surface area contributed by atoms with Gasteiger partial charge in [0.2, 0.25) is 0 Å². The summed E-state index contributed by atoms with van der Waals surface area (Å²) in [6.45, 7) is 3.71. The predicted octanol–water partition coefficient (Wildman–Crippen LogP) is 1.13. The maximum atomic E-state index is 11.9. The number of hydrogen-bond acceptors (Lipinski definition) is 6.